The summed E-state index contributed by atoms with van der Waals surface area (Å²) in [6, 6.07) is 0. The van der Waals surface area contributed by atoms with E-state index < -0.39 is 10.1 Å². The van der Waals surface area contributed by atoms with Gasteiger partial charge in [0.25, 0.3) is 10.1 Å². The normalized spacial score (nSPS) is 10.4. The first kappa shape index (κ1) is 12.6. The number of alkyl halides is 1. The molecule has 0 saturated heterocycles. The number of aromatic nitrogens is 2. The Morgan fingerprint density at radius 3 is 2.23 bits per heavy atom. The van der Waals surface area contributed by atoms with Crippen LogP contribution < -0.4 is 5.73 Å². The van der Waals surface area contributed by atoms with E-state index in [0.717, 1.165) is 5.01 Å². The number of nitrogens with zero attached hydrogens (tertiary/aromatic N) is 2. The van der Waals surface area contributed by atoms with Crippen LogP contribution in [0.1, 0.15) is 5.01 Å². The van der Waals surface area contributed by atoms with E-state index in [1.54, 1.807) is 0 Å². The first-order valence-electron chi connectivity index (χ1n) is 2.89. The average molecular weight is 246 g/mol. The summed E-state index contributed by atoms with van der Waals surface area (Å²) in [6.07, 6.45) is 0.715. The van der Waals surface area contributed by atoms with Crippen molar-refractivity contribution >= 4 is 38.2 Å². The molecular formula is C4H8ClN3O3S2. The molecule has 0 saturated carbocycles. The van der Waals surface area contributed by atoms with Gasteiger partial charge in [-0.05, 0) is 0 Å². The number of nitrogens with two attached hydrogens (primary N) is 1. The van der Waals surface area contributed by atoms with Crippen molar-refractivity contribution in [1.29, 1.82) is 0 Å². The molecule has 1 aromatic heterocycles. The van der Waals surface area contributed by atoms with Crippen molar-refractivity contribution in [3.8, 4) is 0 Å². The Morgan fingerprint density at radius 2 is 2.08 bits per heavy atom. The lowest BCUT2D eigenvalue weighted by molar-refractivity contribution is 0.490. The van der Waals surface area contributed by atoms with Crippen LogP contribution >= 0.6 is 22.9 Å². The van der Waals surface area contributed by atoms with Crippen molar-refractivity contribution in [1.82, 2.24) is 10.2 Å². The first-order valence-corrected chi connectivity index (χ1v) is 6.09. The van der Waals surface area contributed by atoms with Gasteiger partial charge in [0.1, 0.15) is 5.01 Å². The molecular weight excluding hydrogens is 238 g/mol. The van der Waals surface area contributed by atoms with Crippen LogP contribution in [-0.2, 0) is 16.0 Å². The molecule has 76 valence electrons. The summed E-state index contributed by atoms with van der Waals surface area (Å²) in [5.74, 6) is 0.398. The highest BCUT2D eigenvalue weighted by atomic mass is 35.5. The van der Waals surface area contributed by atoms with Gasteiger partial charge < -0.3 is 5.73 Å². The van der Waals surface area contributed by atoms with E-state index >= 15 is 0 Å². The SMILES string of the molecule is CS(=O)(=O)O.Nc1nnc(CCl)s1. The number of nitrogen functional groups attached to an aromatic ring is 1. The summed E-state index contributed by atoms with van der Waals surface area (Å²) >= 11 is 6.70. The summed E-state index contributed by atoms with van der Waals surface area (Å²) in [6.45, 7) is 0. The fourth-order valence-electron chi connectivity index (χ4n) is 0.321. The molecule has 9 heteroatoms. The molecule has 1 heterocycles. The minimum atomic E-state index is -3.67. The molecule has 0 aromatic carbocycles. The van der Waals surface area contributed by atoms with E-state index in [-0.39, 0.29) is 0 Å². The van der Waals surface area contributed by atoms with Gasteiger partial charge in [0, 0.05) is 0 Å². The summed E-state index contributed by atoms with van der Waals surface area (Å²) in [4.78, 5) is 0. The molecule has 0 amide bonds. The lowest BCUT2D eigenvalue weighted by Gasteiger charge is -1.73. The maximum absolute atomic E-state index is 9.19. The number of hydrogen-bond donors (Lipinski definition) is 2. The van der Waals surface area contributed by atoms with Crippen LogP contribution in [0.2, 0.25) is 0 Å². The van der Waals surface area contributed by atoms with E-state index in [1.807, 2.05) is 0 Å². The summed E-state index contributed by atoms with van der Waals surface area (Å²) in [5.41, 5.74) is 5.24. The predicted molar refractivity (Wildman–Crippen MR) is 51.4 cm³/mol. The predicted octanol–water partition coefficient (Wildman–Crippen LogP) is 0.363. The molecule has 0 radical (unpaired) electrons. The lowest BCUT2D eigenvalue weighted by Crippen LogP contribution is -1.88. The molecule has 0 bridgehead atoms. The molecule has 6 nitrogen and oxygen atoms in total. The zero-order valence-electron chi connectivity index (χ0n) is 6.64. The molecule has 0 aliphatic heterocycles. The summed E-state index contributed by atoms with van der Waals surface area (Å²) in [7, 11) is -3.67. The zero-order chi connectivity index (χ0) is 10.5. The Labute approximate surface area is 84.5 Å². The van der Waals surface area contributed by atoms with Gasteiger partial charge in [-0.2, -0.15) is 8.42 Å². The quantitative estimate of drug-likeness (QED) is 0.547. The second-order valence-corrected chi connectivity index (χ2v) is 4.73. The van der Waals surface area contributed by atoms with Crippen molar-refractivity contribution in [3.63, 3.8) is 0 Å². The third-order valence-corrected chi connectivity index (χ3v) is 1.76. The van der Waals surface area contributed by atoms with Crippen molar-refractivity contribution in [2.24, 2.45) is 0 Å². The Bertz CT molecular complexity index is 341. The van der Waals surface area contributed by atoms with Crippen LogP contribution in [0, 0.1) is 0 Å². The van der Waals surface area contributed by atoms with Crippen LogP contribution in [-0.4, -0.2) is 29.4 Å². The second-order valence-electron chi connectivity index (χ2n) is 1.90. The van der Waals surface area contributed by atoms with Crippen LogP contribution in [0.5, 0.6) is 0 Å². The third-order valence-electron chi connectivity index (χ3n) is 0.597. The van der Waals surface area contributed by atoms with Crippen molar-refractivity contribution in [2.45, 2.75) is 5.88 Å². The maximum atomic E-state index is 9.19. The van der Waals surface area contributed by atoms with Crippen molar-refractivity contribution in [3.05, 3.63) is 5.01 Å². The second kappa shape index (κ2) is 5.32. The highest BCUT2D eigenvalue weighted by Gasteiger charge is 1.95. The molecule has 1 aromatic rings. The van der Waals surface area contributed by atoms with Crippen LogP contribution in [0.4, 0.5) is 5.13 Å². The lowest BCUT2D eigenvalue weighted by atomic mass is 10.9. The van der Waals surface area contributed by atoms with Gasteiger partial charge in [-0.25, -0.2) is 0 Å². The van der Waals surface area contributed by atoms with E-state index in [0.29, 0.717) is 17.3 Å². The topological polar surface area (TPSA) is 106 Å². The highest BCUT2D eigenvalue weighted by molar-refractivity contribution is 7.85. The molecule has 3 N–H and O–H groups in total. The molecule has 0 atom stereocenters. The molecule has 1 rings (SSSR count). The first-order chi connectivity index (χ1) is 5.83. The Morgan fingerprint density at radius 1 is 1.62 bits per heavy atom. The molecule has 0 fully saturated rings. The molecule has 0 spiro atoms. The van der Waals surface area contributed by atoms with E-state index in [1.165, 1.54) is 11.3 Å². The summed E-state index contributed by atoms with van der Waals surface area (Å²) in [5, 5.41) is 8.44. The number of anilines is 1. The molecule has 0 aliphatic rings. The zero-order valence-corrected chi connectivity index (χ0v) is 9.03. The maximum Gasteiger partial charge on any atom is 0.261 e. The number of halogens is 1. The van der Waals surface area contributed by atoms with Gasteiger partial charge in [0.2, 0.25) is 5.13 Å². The van der Waals surface area contributed by atoms with Gasteiger partial charge in [0.15, 0.2) is 0 Å². The number of hydrogen-bond acceptors (Lipinski definition) is 6. The minimum Gasteiger partial charge on any atom is -0.374 e. The standard InChI is InChI=1S/C3H4ClN3S.CH4O3S/c4-1-2-6-7-3(5)8-2;1-5(2,3)4/h1H2,(H2,5,7);1H3,(H,2,3,4). The molecule has 0 aliphatic carbocycles. The largest absolute Gasteiger partial charge is 0.374 e. The van der Waals surface area contributed by atoms with Gasteiger partial charge >= 0.3 is 0 Å². The third kappa shape index (κ3) is 9.47. The Kier molecular flexibility index (Phi) is 5.14. The monoisotopic (exact) mass is 245 g/mol. The van der Waals surface area contributed by atoms with Crippen molar-refractivity contribution < 1.29 is 13.0 Å². The molecule has 0 unspecified atom stereocenters. The fourth-order valence-corrected chi connectivity index (χ4v) is 0.997. The van der Waals surface area contributed by atoms with Crippen LogP contribution in [0.3, 0.4) is 0 Å². The van der Waals surface area contributed by atoms with Gasteiger partial charge in [-0.15, -0.1) is 21.8 Å². The van der Waals surface area contributed by atoms with E-state index in [2.05, 4.69) is 10.2 Å². The average Bonchev–Trinajstić information content (AvgIpc) is 2.31. The fraction of sp³-hybridized carbons (Fsp3) is 0.500. The van der Waals surface area contributed by atoms with E-state index in [4.69, 9.17) is 21.9 Å². The van der Waals surface area contributed by atoms with Gasteiger partial charge in [-0.1, -0.05) is 11.3 Å². The van der Waals surface area contributed by atoms with E-state index in [9.17, 15) is 8.42 Å². The van der Waals surface area contributed by atoms with Crippen molar-refractivity contribution in [2.75, 3.05) is 12.0 Å². The Balaban J connectivity index is 0.000000252. The minimum absolute atomic E-state index is 0.398. The van der Waals surface area contributed by atoms with Gasteiger partial charge in [0.05, 0.1) is 12.1 Å². The summed E-state index contributed by atoms with van der Waals surface area (Å²) < 4.78 is 25.9. The number of rotatable bonds is 1. The van der Waals surface area contributed by atoms with Gasteiger partial charge in [-0.3, -0.25) is 4.55 Å². The molecule has 13 heavy (non-hydrogen) atoms. The smallest absolute Gasteiger partial charge is 0.261 e. The van der Waals surface area contributed by atoms with Crippen LogP contribution in [0.15, 0.2) is 0 Å². The highest BCUT2D eigenvalue weighted by Crippen LogP contribution is 2.11. The Hall–Kier alpha value is -0.440. The van der Waals surface area contributed by atoms with Crippen LogP contribution in [0.25, 0.3) is 0 Å².